The molecule has 0 saturated carbocycles. The molecule has 5 nitrogen and oxygen atoms in total. The Morgan fingerprint density at radius 3 is 2.29 bits per heavy atom. The van der Waals surface area contributed by atoms with Crippen molar-refractivity contribution in [2.45, 2.75) is 25.7 Å². The second kappa shape index (κ2) is 6.30. The van der Waals surface area contributed by atoms with Crippen molar-refractivity contribution in [1.29, 1.82) is 0 Å². The molecule has 0 spiro atoms. The zero-order valence-electron chi connectivity index (χ0n) is 13.8. The number of hydrogen-bond donors (Lipinski definition) is 1. The van der Waals surface area contributed by atoms with Crippen LogP contribution in [0.1, 0.15) is 25.7 Å². The average molecular weight is 325 g/mol. The molecule has 0 aromatic heterocycles. The average Bonchev–Trinajstić information content (AvgIpc) is 3.21. The summed E-state index contributed by atoms with van der Waals surface area (Å²) >= 11 is 0. The van der Waals surface area contributed by atoms with E-state index in [2.05, 4.69) is 17.5 Å². The van der Waals surface area contributed by atoms with Gasteiger partial charge < -0.3 is 15.1 Å². The van der Waals surface area contributed by atoms with Crippen molar-refractivity contribution in [3.05, 3.63) is 36.4 Å². The van der Waals surface area contributed by atoms with Gasteiger partial charge in [0.05, 0.1) is 0 Å². The summed E-state index contributed by atoms with van der Waals surface area (Å²) in [5, 5.41) is 2.99. The monoisotopic (exact) mass is 325 g/mol. The van der Waals surface area contributed by atoms with Gasteiger partial charge in [0.25, 0.3) is 0 Å². The molecule has 1 aliphatic carbocycles. The smallest absolute Gasteiger partial charge is 0.321 e. The minimum absolute atomic E-state index is 0.0191. The van der Waals surface area contributed by atoms with Crippen molar-refractivity contribution in [2.75, 3.05) is 29.9 Å². The Kier molecular flexibility index (Phi) is 4.00. The molecule has 1 aromatic rings. The third kappa shape index (κ3) is 2.90. The molecular formula is C19H23N3O2. The third-order valence-electron chi connectivity index (χ3n) is 5.41. The van der Waals surface area contributed by atoms with Crippen LogP contribution in [0.25, 0.3) is 0 Å². The fourth-order valence-corrected chi connectivity index (χ4v) is 4.03. The molecular weight excluding hydrogens is 302 g/mol. The van der Waals surface area contributed by atoms with Gasteiger partial charge in [0, 0.05) is 37.4 Å². The predicted octanol–water partition coefficient (Wildman–Crippen LogP) is 3.24. The van der Waals surface area contributed by atoms with Gasteiger partial charge in [0.1, 0.15) is 0 Å². The zero-order chi connectivity index (χ0) is 16.5. The van der Waals surface area contributed by atoms with Crippen molar-refractivity contribution in [1.82, 2.24) is 4.90 Å². The van der Waals surface area contributed by atoms with Crippen LogP contribution in [0.4, 0.5) is 16.2 Å². The van der Waals surface area contributed by atoms with Gasteiger partial charge in [-0.2, -0.15) is 0 Å². The number of allylic oxidation sites excluding steroid dienone is 2. The lowest BCUT2D eigenvalue weighted by Crippen LogP contribution is -2.33. The first-order chi connectivity index (χ1) is 11.7. The number of carbonyl (C=O) groups excluding carboxylic acids is 2. The van der Waals surface area contributed by atoms with Gasteiger partial charge in [-0.15, -0.1) is 0 Å². The fourth-order valence-electron chi connectivity index (χ4n) is 4.03. The number of likely N-dealkylation sites (tertiary alicyclic amines) is 1. The highest BCUT2D eigenvalue weighted by Crippen LogP contribution is 2.33. The Morgan fingerprint density at radius 2 is 1.71 bits per heavy atom. The maximum absolute atomic E-state index is 12.5. The lowest BCUT2D eigenvalue weighted by Gasteiger charge is -2.18. The van der Waals surface area contributed by atoms with E-state index in [1.54, 1.807) is 0 Å². The Hall–Kier alpha value is -2.30. The number of fused-ring (bicyclic) bond motifs is 1. The van der Waals surface area contributed by atoms with Crippen LogP contribution < -0.4 is 10.2 Å². The molecule has 2 aliphatic heterocycles. The van der Waals surface area contributed by atoms with E-state index in [9.17, 15) is 9.59 Å². The van der Waals surface area contributed by atoms with Crippen molar-refractivity contribution < 1.29 is 9.59 Å². The van der Waals surface area contributed by atoms with Crippen LogP contribution in [-0.4, -0.2) is 36.5 Å². The molecule has 1 aromatic carbocycles. The number of benzene rings is 1. The van der Waals surface area contributed by atoms with Crippen LogP contribution in [0.5, 0.6) is 0 Å². The van der Waals surface area contributed by atoms with Gasteiger partial charge >= 0.3 is 6.03 Å². The van der Waals surface area contributed by atoms with Crippen molar-refractivity contribution in [2.24, 2.45) is 11.8 Å². The summed E-state index contributed by atoms with van der Waals surface area (Å²) in [6.45, 7) is 2.48. The number of urea groups is 1. The molecule has 2 unspecified atom stereocenters. The molecule has 126 valence electrons. The predicted molar refractivity (Wildman–Crippen MR) is 94.0 cm³/mol. The van der Waals surface area contributed by atoms with Crippen molar-refractivity contribution in [3.63, 3.8) is 0 Å². The van der Waals surface area contributed by atoms with Crippen LogP contribution in [0, 0.1) is 11.8 Å². The lowest BCUT2D eigenvalue weighted by molar-refractivity contribution is -0.117. The minimum Gasteiger partial charge on any atom is -0.324 e. The van der Waals surface area contributed by atoms with Crippen LogP contribution in [0.3, 0.4) is 0 Å². The molecule has 4 rings (SSSR count). The molecule has 1 N–H and O–H groups in total. The number of hydrogen-bond acceptors (Lipinski definition) is 2. The molecule has 2 heterocycles. The molecule has 2 atom stereocenters. The Morgan fingerprint density at radius 1 is 1.04 bits per heavy atom. The summed E-state index contributed by atoms with van der Waals surface area (Å²) in [4.78, 5) is 28.0. The van der Waals surface area contributed by atoms with Gasteiger partial charge in [-0.05, 0) is 55.4 Å². The van der Waals surface area contributed by atoms with Gasteiger partial charge in [-0.3, -0.25) is 4.79 Å². The Bertz CT molecular complexity index is 652. The van der Waals surface area contributed by atoms with Gasteiger partial charge in [-0.25, -0.2) is 4.79 Å². The standard InChI is InChI=1S/C19H23N3O2/c23-18-6-3-11-22(18)17-9-7-16(8-10-17)20-19(24)21-12-14-4-1-2-5-15(14)13-21/h1-2,7-10,14-15H,3-6,11-13H2,(H,20,24). The quantitative estimate of drug-likeness (QED) is 0.849. The molecule has 3 aliphatic rings. The summed E-state index contributed by atoms with van der Waals surface area (Å²) in [6, 6.07) is 7.56. The van der Waals surface area contributed by atoms with Crippen LogP contribution in [0.2, 0.25) is 0 Å². The second-order valence-electron chi connectivity index (χ2n) is 6.99. The summed E-state index contributed by atoms with van der Waals surface area (Å²) in [5.74, 6) is 1.41. The summed E-state index contributed by atoms with van der Waals surface area (Å²) in [7, 11) is 0. The molecule has 0 bridgehead atoms. The highest BCUT2D eigenvalue weighted by Gasteiger charge is 2.35. The van der Waals surface area contributed by atoms with Crippen LogP contribution in [0.15, 0.2) is 36.4 Å². The Labute approximate surface area is 142 Å². The third-order valence-corrected chi connectivity index (χ3v) is 5.41. The second-order valence-corrected chi connectivity index (χ2v) is 6.99. The largest absolute Gasteiger partial charge is 0.324 e. The highest BCUT2D eigenvalue weighted by molar-refractivity contribution is 5.96. The SMILES string of the molecule is O=C(Nc1ccc(N2CCCC2=O)cc1)N1CC2CC=CCC2C1. The van der Waals surface area contributed by atoms with Gasteiger partial charge in [-0.1, -0.05) is 12.2 Å². The summed E-state index contributed by atoms with van der Waals surface area (Å²) in [5.41, 5.74) is 1.69. The number of amides is 3. The number of nitrogens with zero attached hydrogens (tertiary/aromatic N) is 2. The zero-order valence-corrected chi connectivity index (χ0v) is 13.8. The van der Waals surface area contributed by atoms with Crippen LogP contribution >= 0.6 is 0 Å². The maximum atomic E-state index is 12.5. The van der Waals surface area contributed by atoms with E-state index >= 15 is 0 Å². The molecule has 24 heavy (non-hydrogen) atoms. The summed E-state index contributed by atoms with van der Waals surface area (Å²) in [6.07, 6.45) is 8.20. The molecule has 2 saturated heterocycles. The van der Waals surface area contributed by atoms with E-state index in [1.165, 1.54) is 0 Å². The maximum Gasteiger partial charge on any atom is 0.321 e. The number of nitrogens with one attached hydrogen (secondary N) is 1. The molecule has 3 amide bonds. The van der Waals surface area contributed by atoms with Crippen molar-refractivity contribution in [3.8, 4) is 0 Å². The molecule has 5 heteroatoms. The van der Waals surface area contributed by atoms with Gasteiger partial charge in [0.2, 0.25) is 5.91 Å². The normalized spacial score (nSPS) is 25.9. The van der Waals surface area contributed by atoms with E-state index in [-0.39, 0.29) is 11.9 Å². The van der Waals surface area contributed by atoms with Gasteiger partial charge in [0.15, 0.2) is 0 Å². The number of carbonyl (C=O) groups is 2. The number of rotatable bonds is 2. The highest BCUT2D eigenvalue weighted by atomic mass is 16.2. The molecule has 0 radical (unpaired) electrons. The fraction of sp³-hybridized carbons (Fsp3) is 0.474. The summed E-state index contributed by atoms with van der Waals surface area (Å²) < 4.78 is 0. The van der Waals surface area contributed by atoms with Crippen molar-refractivity contribution >= 4 is 23.3 Å². The van der Waals surface area contributed by atoms with Crippen LogP contribution in [-0.2, 0) is 4.79 Å². The van der Waals surface area contributed by atoms with E-state index in [0.29, 0.717) is 18.3 Å². The Balaban J connectivity index is 1.37. The van der Waals surface area contributed by atoms with E-state index in [4.69, 9.17) is 0 Å². The lowest BCUT2D eigenvalue weighted by atomic mass is 9.86. The minimum atomic E-state index is -0.0191. The first kappa shape index (κ1) is 15.2. The number of anilines is 2. The van der Waals surface area contributed by atoms with E-state index in [1.807, 2.05) is 34.1 Å². The first-order valence-corrected chi connectivity index (χ1v) is 8.82. The topological polar surface area (TPSA) is 52.7 Å². The first-order valence-electron chi connectivity index (χ1n) is 8.82. The van der Waals surface area contributed by atoms with E-state index < -0.39 is 0 Å². The molecule has 2 fully saturated rings. The van der Waals surface area contributed by atoms with E-state index in [0.717, 1.165) is 50.3 Å².